The van der Waals surface area contributed by atoms with Gasteiger partial charge >= 0.3 is 11.9 Å². The highest BCUT2D eigenvalue weighted by Gasteiger charge is 2.22. The van der Waals surface area contributed by atoms with Gasteiger partial charge in [-0.3, -0.25) is 4.90 Å². The van der Waals surface area contributed by atoms with Crippen molar-refractivity contribution in [2.75, 3.05) is 19.6 Å². The van der Waals surface area contributed by atoms with Crippen LogP contribution in [0.5, 0.6) is 0 Å². The van der Waals surface area contributed by atoms with Gasteiger partial charge in [-0.1, -0.05) is 43.1 Å². The Morgan fingerprint density at radius 1 is 1.18 bits per heavy atom. The summed E-state index contributed by atoms with van der Waals surface area (Å²) in [6.07, 6.45) is 3.56. The van der Waals surface area contributed by atoms with Crippen LogP contribution in [0.1, 0.15) is 32.3 Å². The van der Waals surface area contributed by atoms with Crippen LogP contribution in [0.4, 0.5) is 0 Å². The van der Waals surface area contributed by atoms with Gasteiger partial charge in [-0.2, -0.15) is 0 Å². The first-order valence-corrected chi connectivity index (χ1v) is 9.97. The highest BCUT2D eigenvalue weighted by molar-refractivity contribution is 6.35. The van der Waals surface area contributed by atoms with Gasteiger partial charge in [0.1, 0.15) is 0 Å². The molecule has 1 aromatic carbocycles. The highest BCUT2D eigenvalue weighted by atomic mass is 35.5. The van der Waals surface area contributed by atoms with E-state index in [1.165, 1.54) is 18.4 Å². The van der Waals surface area contributed by atoms with Crippen LogP contribution in [0.15, 0.2) is 30.4 Å². The predicted molar refractivity (Wildman–Crippen MR) is 112 cm³/mol. The van der Waals surface area contributed by atoms with Gasteiger partial charge in [0.05, 0.1) is 0 Å². The third kappa shape index (κ3) is 10.1. The molecule has 0 radical (unpaired) electrons. The Morgan fingerprint density at radius 2 is 1.75 bits per heavy atom. The number of benzene rings is 1. The Hall–Kier alpha value is -1.60. The van der Waals surface area contributed by atoms with Crippen molar-refractivity contribution in [1.29, 1.82) is 0 Å². The fraction of sp³-hybridized carbons (Fsp3) is 0.500. The van der Waals surface area contributed by atoms with Gasteiger partial charge in [0.2, 0.25) is 0 Å². The minimum Gasteiger partial charge on any atom is -0.478 e. The van der Waals surface area contributed by atoms with E-state index in [0.29, 0.717) is 29.1 Å². The summed E-state index contributed by atoms with van der Waals surface area (Å²) in [6.45, 7) is 8.82. The second-order valence-electron chi connectivity index (χ2n) is 7.05. The van der Waals surface area contributed by atoms with Crippen molar-refractivity contribution in [3.63, 3.8) is 0 Å². The molecule has 8 heteroatoms. The van der Waals surface area contributed by atoms with Crippen LogP contribution in [0.3, 0.4) is 0 Å². The zero-order valence-corrected chi connectivity index (χ0v) is 17.7. The summed E-state index contributed by atoms with van der Waals surface area (Å²) < 4.78 is 0. The number of carboxylic acid groups (broad SMARTS) is 2. The normalized spacial score (nSPS) is 14.9. The molecule has 0 spiro atoms. The van der Waals surface area contributed by atoms with E-state index in [4.69, 9.17) is 33.4 Å². The maximum atomic E-state index is 9.55. The van der Waals surface area contributed by atoms with Crippen molar-refractivity contribution in [3.05, 3.63) is 46.0 Å². The lowest BCUT2D eigenvalue weighted by atomic mass is 10.0. The van der Waals surface area contributed by atoms with Crippen LogP contribution < -0.4 is 5.32 Å². The largest absolute Gasteiger partial charge is 0.478 e. The molecule has 0 saturated carbocycles. The molecule has 0 atom stereocenters. The van der Waals surface area contributed by atoms with E-state index in [1.54, 1.807) is 0 Å². The molecule has 3 N–H and O–H groups in total. The number of nitrogens with one attached hydrogen (secondary N) is 1. The maximum absolute atomic E-state index is 9.55. The lowest BCUT2D eigenvalue weighted by molar-refractivity contribution is -0.134. The molecule has 1 aliphatic rings. The predicted octanol–water partition coefficient (Wildman–Crippen LogP) is 3.92. The first-order valence-electron chi connectivity index (χ1n) is 9.21. The molecule has 28 heavy (non-hydrogen) atoms. The number of carboxylic acids is 2. The number of piperidine rings is 1. The maximum Gasteiger partial charge on any atom is 0.328 e. The molecule has 156 valence electrons. The summed E-state index contributed by atoms with van der Waals surface area (Å²) in [5.74, 6) is -1.85. The van der Waals surface area contributed by atoms with Crippen LogP contribution in [0.2, 0.25) is 10.0 Å². The average molecular weight is 431 g/mol. The van der Waals surface area contributed by atoms with Crippen molar-refractivity contribution in [2.45, 2.75) is 39.3 Å². The molecule has 1 aromatic rings. The molecule has 6 nitrogen and oxygen atoms in total. The quantitative estimate of drug-likeness (QED) is 0.567. The van der Waals surface area contributed by atoms with Gasteiger partial charge in [-0.05, 0) is 49.5 Å². The van der Waals surface area contributed by atoms with Crippen LogP contribution in [0, 0.1) is 5.92 Å². The summed E-state index contributed by atoms with van der Waals surface area (Å²) in [7, 11) is 0. The molecule has 0 amide bonds. The zero-order chi connectivity index (χ0) is 21.1. The van der Waals surface area contributed by atoms with Crippen LogP contribution in [-0.2, 0) is 16.1 Å². The molecule has 1 heterocycles. The fourth-order valence-corrected chi connectivity index (χ4v) is 3.46. The summed E-state index contributed by atoms with van der Waals surface area (Å²) >= 11 is 12.3. The van der Waals surface area contributed by atoms with E-state index >= 15 is 0 Å². The molecule has 0 unspecified atom stereocenters. The SMILES string of the molecule is CC(C)CN(Cc1ccc(Cl)cc1Cl)C1CCNCC1.O=C(O)/C=C/C(=O)O. The molecule has 0 bridgehead atoms. The third-order valence-electron chi connectivity index (χ3n) is 4.18. The average Bonchev–Trinajstić information content (AvgIpc) is 2.62. The van der Waals surface area contributed by atoms with Crippen molar-refractivity contribution < 1.29 is 19.8 Å². The molecular formula is C20H28Cl2N2O4. The van der Waals surface area contributed by atoms with Crippen LogP contribution in [-0.4, -0.2) is 52.7 Å². The van der Waals surface area contributed by atoms with Gasteiger partial charge in [0.15, 0.2) is 0 Å². The summed E-state index contributed by atoms with van der Waals surface area (Å²) in [4.78, 5) is 21.7. The fourth-order valence-electron chi connectivity index (χ4n) is 2.99. The number of hydrogen-bond donors (Lipinski definition) is 3. The lowest BCUT2D eigenvalue weighted by Crippen LogP contribution is -2.44. The first-order chi connectivity index (χ1) is 13.2. The molecule has 0 aromatic heterocycles. The monoisotopic (exact) mass is 430 g/mol. The standard InChI is InChI=1S/C16H24Cl2N2.C4H4O4/c1-12(2)10-20(15-5-7-19-8-6-15)11-13-3-4-14(17)9-16(13)18;5-3(6)1-2-4(7)8/h3-4,9,12,15,19H,5-8,10-11H2,1-2H3;1-2H,(H,5,6)(H,7,8)/b;2-1+. The number of carbonyl (C=O) groups is 2. The molecular weight excluding hydrogens is 403 g/mol. The van der Waals surface area contributed by atoms with Crippen molar-refractivity contribution >= 4 is 35.1 Å². The van der Waals surface area contributed by atoms with Crippen molar-refractivity contribution in [1.82, 2.24) is 10.2 Å². The third-order valence-corrected chi connectivity index (χ3v) is 4.77. The van der Waals surface area contributed by atoms with E-state index in [-0.39, 0.29) is 0 Å². The van der Waals surface area contributed by atoms with Gasteiger partial charge in [0.25, 0.3) is 0 Å². The van der Waals surface area contributed by atoms with Crippen LogP contribution in [0.25, 0.3) is 0 Å². The second-order valence-corrected chi connectivity index (χ2v) is 7.89. The number of rotatable bonds is 7. The minimum atomic E-state index is -1.26. The number of aliphatic carboxylic acids is 2. The number of halogens is 2. The zero-order valence-electron chi connectivity index (χ0n) is 16.2. The second kappa shape index (κ2) is 12.8. The summed E-state index contributed by atoms with van der Waals surface area (Å²) in [5, 5.41) is 20.5. The minimum absolute atomic E-state index is 0.558. The van der Waals surface area contributed by atoms with E-state index in [9.17, 15) is 9.59 Å². The lowest BCUT2D eigenvalue weighted by Gasteiger charge is -2.36. The first kappa shape index (κ1) is 24.4. The number of hydrogen-bond acceptors (Lipinski definition) is 4. The summed E-state index contributed by atoms with van der Waals surface area (Å²) in [5.41, 5.74) is 1.18. The van der Waals surface area contributed by atoms with Crippen molar-refractivity contribution in [2.24, 2.45) is 5.92 Å². The Kier molecular flexibility index (Phi) is 11.2. The Labute approximate surface area is 176 Å². The van der Waals surface area contributed by atoms with Crippen LogP contribution >= 0.6 is 23.2 Å². The Morgan fingerprint density at radius 3 is 2.21 bits per heavy atom. The highest BCUT2D eigenvalue weighted by Crippen LogP contribution is 2.25. The van der Waals surface area contributed by atoms with Gasteiger partial charge in [-0.25, -0.2) is 9.59 Å². The van der Waals surface area contributed by atoms with E-state index in [2.05, 4.69) is 30.1 Å². The Balaban J connectivity index is 0.000000416. The van der Waals surface area contributed by atoms with Crippen molar-refractivity contribution in [3.8, 4) is 0 Å². The van der Waals surface area contributed by atoms with Gasteiger partial charge in [-0.15, -0.1) is 0 Å². The van der Waals surface area contributed by atoms with E-state index < -0.39 is 11.9 Å². The van der Waals surface area contributed by atoms with E-state index in [1.807, 2.05) is 12.1 Å². The Bertz CT molecular complexity index is 658. The molecule has 0 aliphatic carbocycles. The number of nitrogens with zero attached hydrogens (tertiary/aromatic N) is 1. The molecule has 1 saturated heterocycles. The van der Waals surface area contributed by atoms with Gasteiger partial charge < -0.3 is 15.5 Å². The van der Waals surface area contributed by atoms with E-state index in [0.717, 1.165) is 31.2 Å². The topological polar surface area (TPSA) is 89.9 Å². The summed E-state index contributed by atoms with van der Waals surface area (Å²) in [6, 6.07) is 6.48. The van der Waals surface area contributed by atoms with Gasteiger partial charge in [0, 0.05) is 41.3 Å². The molecule has 1 aliphatic heterocycles. The molecule has 1 fully saturated rings. The molecule has 2 rings (SSSR count). The smallest absolute Gasteiger partial charge is 0.328 e.